The van der Waals surface area contributed by atoms with Crippen LogP contribution in [0.5, 0.6) is 0 Å². The number of methoxy groups -OCH3 is 1. The number of aromatic nitrogens is 1. The zero-order valence-corrected chi connectivity index (χ0v) is 8.62. The molecule has 4 nitrogen and oxygen atoms in total. The number of benzene rings is 1. The van der Waals surface area contributed by atoms with Crippen molar-refractivity contribution in [3.05, 3.63) is 30.0 Å². The molecule has 1 aromatic heterocycles. The third-order valence-corrected chi connectivity index (χ3v) is 2.20. The molecule has 0 amide bonds. The van der Waals surface area contributed by atoms with E-state index in [0.29, 0.717) is 13.4 Å². The second kappa shape index (κ2) is 4.33. The van der Waals surface area contributed by atoms with Crippen LogP contribution in [-0.2, 0) is 16.1 Å². The van der Waals surface area contributed by atoms with Crippen LogP contribution in [0.1, 0.15) is 5.69 Å². The fourth-order valence-electron chi connectivity index (χ4n) is 1.55. The van der Waals surface area contributed by atoms with Crippen LogP contribution in [0, 0.1) is 0 Å². The van der Waals surface area contributed by atoms with E-state index in [0.717, 1.165) is 22.3 Å². The van der Waals surface area contributed by atoms with Gasteiger partial charge in [-0.15, -0.1) is 0 Å². The first-order valence-corrected chi connectivity index (χ1v) is 4.74. The summed E-state index contributed by atoms with van der Waals surface area (Å²) in [6, 6.07) is 7.85. The monoisotopic (exact) mass is 206 g/mol. The number of para-hydroxylation sites is 1. The van der Waals surface area contributed by atoms with Crippen LogP contribution in [-0.4, -0.2) is 18.9 Å². The van der Waals surface area contributed by atoms with E-state index in [1.165, 1.54) is 0 Å². The molecule has 3 N–H and O–H groups in total. The number of fused-ring (bicyclic) bond motifs is 1. The number of aromatic amines is 1. The molecule has 0 saturated carbocycles. The highest BCUT2D eigenvalue weighted by molar-refractivity contribution is 5.90. The minimum absolute atomic E-state index is 0.296. The third-order valence-electron chi connectivity index (χ3n) is 2.20. The molecule has 0 saturated heterocycles. The van der Waals surface area contributed by atoms with Gasteiger partial charge in [-0.1, -0.05) is 12.1 Å². The quantitative estimate of drug-likeness (QED) is 0.456. The SMILES string of the molecule is COCOCc1cc2cccc(N)c2[nH]1. The second-order valence-corrected chi connectivity index (χ2v) is 3.36. The Hall–Kier alpha value is -1.52. The number of ether oxygens (including phenoxy) is 2. The van der Waals surface area contributed by atoms with E-state index in [4.69, 9.17) is 15.2 Å². The lowest BCUT2D eigenvalue weighted by atomic mass is 10.2. The smallest absolute Gasteiger partial charge is 0.146 e. The van der Waals surface area contributed by atoms with Crippen molar-refractivity contribution in [1.29, 1.82) is 0 Å². The van der Waals surface area contributed by atoms with Crippen molar-refractivity contribution in [3.63, 3.8) is 0 Å². The van der Waals surface area contributed by atoms with E-state index < -0.39 is 0 Å². The van der Waals surface area contributed by atoms with Gasteiger partial charge in [-0.05, 0) is 12.1 Å². The topological polar surface area (TPSA) is 60.3 Å². The lowest BCUT2D eigenvalue weighted by Gasteiger charge is -1.99. The highest BCUT2D eigenvalue weighted by Crippen LogP contribution is 2.21. The number of anilines is 1. The molecule has 0 atom stereocenters. The van der Waals surface area contributed by atoms with Gasteiger partial charge in [0.1, 0.15) is 6.79 Å². The van der Waals surface area contributed by atoms with Crippen molar-refractivity contribution >= 4 is 16.6 Å². The Morgan fingerprint density at radius 2 is 2.27 bits per heavy atom. The maximum absolute atomic E-state index is 5.83. The molecule has 0 unspecified atom stereocenters. The molecule has 0 aliphatic rings. The summed E-state index contributed by atoms with van der Waals surface area (Å²) in [4.78, 5) is 3.22. The highest BCUT2D eigenvalue weighted by atomic mass is 16.7. The normalized spacial score (nSPS) is 11.0. The van der Waals surface area contributed by atoms with Crippen LogP contribution >= 0.6 is 0 Å². The molecule has 0 aliphatic carbocycles. The molecule has 0 fully saturated rings. The van der Waals surface area contributed by atoms with Gasteiger partial charge >= 0.3 is 0 Å². The van der Waals surface area contributed by atoms with Crippen LogP contribution in [0.3, 0.4) is 0 Å². The molecule has 2 aromatic rings. The minimum atomic E-state index is 0.296. The molecule has 1 aromatic carbocycles. The van der Waals surface area contributed by atoms with E-state index in [1.807, 2.05) is 24.3 Å². The number of nitrogens with one attached hydrogen (secondary N) is 1. The maximum Gasteiger partial charge on any atom is 0.146 e. The van der Waals surface area contributed by atoms with Crippen molar-refractivity contribution in [1.82, 2.24) is 4.98 Å². The van der Waals surface area contributed by atoms with Crippen molar-refractivity contribution in [2.45, 2.75) is 6.61 Å². The number of hydrogen-bond donors (Lipinski definition) is 2. The van der Waals surface area contributed by atoms with Crippen LogP contribution in [0.2, 0.25) is 0 Å². The zero-order valence-electron chi connectivity index (χ0n) is 8.62. The Morgan fingerprint density at radius 3 is 3.00 bits per heavy atom. The molecule has 4 heteroatoms. The Balaban J connectivity index is 2.20. The van der Waals surface area contributed by atoms with Crippen molar-refractivity contribution < 1.29 is 9.47 Å². The predicted octanol–water partition coefficient (Wildman–Crippen LogP) is 1.87. The zero-order chi connectivity index (χ0) is 10.7. The van der Waals surface area contributed by atoms with Gasteiger partial charge in [0.05, 0.1) is 17.8 Å². The number of hydrogen-bond acceptors (Lipinski definition) is 3. The molecular weight excluding hydrogens is 192 g/mol. The summed E-state index contributed by atoms with van der Waals surface area (Å²) >= 11 is 0. The molecule has 1 heterocycles. The molecule has 0 aliphatic heterocycles. The minimum Gasteiger partial charge on any atom is -0.397 e. The first kappa shape index (κ1) is 10.0. The summed E-state index contributed by atoms with van der Waals surface area (Å²) in [7, 11) is 1.60. The number of nitrogens with two attached hydrogens (primary N) is 1. The average molecular weight is 206 g/mol. The van der Waals surface area contributed by atoms with Gasteiger partial charge in [0, 0.05) is 18.2 Å². The van der Waals surface area contributed by atoms with Gasteiger partial charge in [-0.3, -0.25) is 0 Å². The fourth-order valence-corrected chi connectivity index (χ4v) is 1.55. The summed E-state index contributed by atoms with van der Waals surface area (Å²) in [5.41, 5.74) is 8.55. The van der Waals surface area contributed by atoms with E-state index in [1.54, 1.807) is 7.11 Å². The summed E-state index contributed by atoms with van der Waals surface area (Å²) in [6.45, 7) is 0.798. The molecule has 2 rings (SSSR count). The molecule has 15 heavy (non-hydrogen) atoms. The Labute approximate surface area is 88.0 Å². The van der Waals surface area contributed by atoms with Crippen molar-refractivity contribution in [2.75, 3.05) is 19.6 Å². The third kappa shape index (κ3) is 2.11. The molecule has 0 radical (unpaired) electrons. The summed E-state index contributed by atoms with van der Waals surface area (Å²) in [5.74, 6) is 0. The van der Waals surface area contributed by atoms with Gasteiger partial charge < -0.3 is 20.2 Å². The summed E-state index contributed by atoms with van der Waals surface area (Å²) in [6.07, 6.45) is 0. The summed E-state index contributed by atoms with van der Waals surface area (Å²) in [5, 5.41) is 1.10. The number of H-pyrrole nitrogens is 1. The van der Waals surface area contributed by atoms with Gasteiger partial charge in [-0.25, -0.2) is 0 Å². The summed E-state index contributed by atoms with van der Waals surface area (Å²) < 4.78 is 10.0. The lowest BCUT2D eigenvalue weighted by Crippen LogP contribution is -1.96. The average Bonchev–Trinajstić information content (AvgIpc) is 2.63. The first-order valence-electron chi connectivity index (χ1n) is 4.74. The van der Waals surface area contributed by atoms with Gasteiger partial charge in [-0.2, -0.15) is 0 Å². The Morgan fingerprint density at radius 1 is 1.40 bits per heavy atom. The maximum atomic E-state index is 5.83. The Kier molecular flexibility index (Phi) is 2.89. The van der Waals surface area contributed by atoms with Crippen LogP contribution in [0.15, 0.2) is 24.3 Å². The van der Waals surface area contributed by atoms with Crippen LogP contribution in [0.4, 0.5) is 5.69 Å². The van der Waals surface area contributed by atoms with Crippen LogP contribution in [0.25, 0.3) is 10.9 Å². The van der Waals surface area contributed by atoms with Gasteiger partial charge in [0.25, 0.3) is 0 Å². The predicted molar refractivity (Wildman–Crippen MR) is 59.4 cm³/mol. The fraction of sp³-hybridized carbons (Fsp3) is 0.273. The second-order valence-electron chi connectivity index (χ2n) is 3.36. The number of nitrogen functional groups attached to an aromatic ring is 1. The lowest BCUT2D eigenvalue weighted by molar-refractivity contribution is -0.0399. The highest BCUT2D eigenvalue weighted by Gasteiger charge is 2.02. The van der Waals surface area contributed by atoms with Crippen molar-refractivity contribution in [2.24, 2.45) is 0 Å². The largest absolute Gasteiger partial charge is 0.397 e. The molecule has 80 valence electrons. The van der Waals surface area contributed by atoms with E-state index in [2.05, 4.69) is 4.98 Å². The number of rotatable bonds is 4. The van der Waals surface area contributed by atoms with E-state index in [9.17, 15) is 0 Å². The Bertz CT molecular complexity index is 451. The van der Waals surface area contributed by atoms with Gasteiger partial charge in [0.2, 0.25) is 0 Å². The molecule has 0 spiro atoms. The molecular formula is C11H14N2O2. The van der Waals surface area contributed by atoms with E-state index in [-0.39, 0.29) is 0 Å². The van der Waals surface area contributed by atoms with Gasteiger partial charge in [0.15, 0.2) is 0 Å². The van der Waals surface area contributed by atoms with Crippen molar-refractivity contribution in [3.8, 4) is 0 Å². The molecule has 0 bridgehead atoms. The standard InChI is InChI=1S/C11H14N2O2/c1-14-7-15-6-9-5-8-3-2-4-10(12)11(8)13-9/h2-5,13H,6-7,12H2,1H3. The first-order chi connectivity index (χ1) is 7.31. The van der Waals surface area contributed by atoms with Crippen LogP contribution < -0.4 is 5.73 Å². The van der Waals surface area contributed by atoms with E-state index >= 15 is 0 Å².